The van der Waals surface area contributed by atoms with Gasteiger partial charge in [-0.2, -0.15) is 0 Å². The zero-order valence-electron chi connectivity index (χ0n) is 18.7. The lowest BCUT2D eigenvalue weighted by atomic mass is 10.1. The van der Waals surface area contributed by atoms with Crippen LogP contribution in [0.25, 0.3) is 0 Å². The molecule has 4 aromatic rings. The van der Waals surface area contributed by atoms with Gasteiger partial charge in [-0.3, -0.25) is 0 Å². The van der Waals surface area contributed by atoms with Crippen molar-refractivity contribution in [1.82, 2.24) is 0 Å². The molecule has 0 bridgehead atoms. The molecule has 0 spiro atoms. The maximum atomic E-state index is 11.7. The Labute approximate surface area is 214 Å². The highest BCUT2D eigenvalue weighted by Crippen LogP contribution is 2.55. The Kier molecular flexibility index (Phi) is 9.22. The van der Waals surface area contributed by atoms with E-state index in [1.165, 1.54) is 28.6 Å². The van der Waals surface area contributed by atoms with Gasteiger partial charge in [-0.05, 0) is 66.9 Å². The molecule has 0 aliphatic carbocycles. The number of halogens is 1. The highest BCUT2D eigenvalue weighted by Gasteiger charge is 2.44. The van der Waals surface area contributed by atoms with E-state index in [9.17, 15) is 4.79 Å². The van der Waals surface area contributed by atoms with Gasteiger partial charge < -0.3 is 28.7 Å². The topological polar surface area (TPSA) is 26.3 Å². The van der Waals surface area contributed by atoms with Crippen LogP contribution < -0.4 is 39.9 Å². The highest BCUT2D eigenvalue weighted by molar-refractivity contribution is 7.95. The third kappa shape index (κ3) is 5.72. The molecule has 0 atom stereocenters. The van der Waals surface area contributed by atoms with E-state index < -0.39 is 7.26 Å². The summed E-state index contributed by atoms with van der Waals surface area (Å²) in [6, 6.07) is 40.7. The van der Waals surface area contributed by atoms with E-state index in [1.54, 1.807) is 0 Å². The van der Waals surface area contributed by atoms with Gasteiger partial charge in [-0.25, -0.2) is 4.79 Å². The predicted octanol–water partition coefficient (Wildman–Crippen LogP) is 2.40. The van der Waals surface area contributed by atoms with Crippen LogP contribution in [-0.4, -0.2) is 19.2 Å². The number of esters is 1. The summed E-state index contributed by atoms with van der Waals surface area (Å²) < 4.78 is 4.81. The number of hydrogen-bond donors (Lipinski definition) is 0. The van der Waals surface area contributed by atoms with Gasteiger partial charge in [0.25, 0.3) is 0 Å². The lowest BCUT2D eigenvalue weighted by molar-refractivity contribution is -0.0000208. The molecule has 4 heteroatoms. The van der Waals surface area contributed by atoms with Crippen molar-refractivity contribution in [3.8, 4) is 0 Å². The molecule has 0 saturated carbocycles. The number of hydrogen-bond acceptors (Lipinski definition) is 2. The Morgan fingerprint density at radius 2 is 1.09 bits per heavy atom. The first-order valence-corrected chi connectivity index (χ1v) is 12.9. The second-order valence-electron chi connectivity index (χ2n) is 7.83. The lowest BCUT2D eigenvalue weighted by Crippen LogP contribution is -3.00. The van der Waals surface area contributed by atoms with Gasteiger partial charge in [0.1, 0.15) is 23.2 Å². The van der Waals surface area contributed by atoms with Crippen molar-refractivity contribution in [3.63, 3.8) is 0 Å². The van der Waals surface area contributed by atoms with Crippen molar-refractivity contribution in [2.24, 2.45) is 0 Å². The van der Waals surface area contributed by atoms with Crippen LogP contribution in [0.15, 0.2) is 115 Å². The van der Waals surface area contributed by atoms with Gasteiger partial charge in [0, 0.05) is 0 Å². The Hall–Kier alpha value is -2.49. The Bertz CT molecular complexity index is 1030. The average Bonchev–Trinajstić information content (AvgIpc) is 2.88. The minimum absolute atomic E-state index is 0. The fourth-order valence-corrected chi connectivity index (χ4v) is 8.67. The van der Waals surface area contributed by atoms with Crippen molar-refractivity contribution < 1.29 is 33.5 Å². The SMILES string of the molecule is COC(=O)c1ccc(CCC[P+](c2ccccc2)(c2ccccc2)c2ccccc2)cc1.[I-]. The van der Waals surface area contributed by atoms with E-state index >= 15 is 0 Å². The number of ether oxygens (including phenoxy) is 1. The average molecular weight is 566 g/mol. The van der Waals surface area contributed by atoms with Crippen LogP contribution in [0.1, 0.15) is 22.3 Å². The van der Waals surface area contributed by atoms with Gasteiger partial charge in [-0.15, -0.1) is 0 Å². The number of carbonyl (C=O) groups is 1. The van der Waals surface area contributed by atoms with Crippen molar-refractivity contribution in [2.75, 3.05) is 13.3 Å². The number of carbonyl (C=O) groups excluding carboxylic acids is 1. The Morgan fingerprint density at radius 3 is 1.48 bits per heavy atom. The molecule has 0 N–H and O–H groups in total. The molecular weight excluding hydrogens is 538 g/mol. The summed E-state index contributed by atoms with van der Waals surface area (Å²) in [5.74, 6) is -0.293. The first kappa shape index (κ1) is 25.1. The molecule has 0 aliphatic rings. The summed E-state index contributed by atoms with van der Waals surface area (Å²) in [5.41, 5.74) is 1.83. The van der Waals surface area contributed by atoms with E-state index in [0.717, 1.165) is 19.0 Å². The van der Waals surface area contributed by atoms with Crippen LogP contribution in [0, 0.1) is 0 Å². The number of aryl methyl sites for hydroxylation is 1. The van der Waals surface area contributed by atoms with E-state index in [-0.39, 0.29) is 29.9 Å². The van der Waals surface area contributed by atoms with Crippen molar-refractivity contribution in [3.05, 3.63) is 126 Å². The molecule has 0 radical (unpaired) electrons. The molecule has 4 aromatic carbocycles. The van der Waals surface area contributed by atoms with Gasteiger partial charge in [-0.1, -0.05) is 66.7 Å². The maximum Gasteiger partial charge on any atom is 0.337 e. The molecule has 0 fully saturated rings. The van der Waals surface area contributed by atoms with Crippen molar-refractivity contribution in [1.29, 1.82) is 0 Å². The van der Waals surface area contributed by atoms with Crippen LogP contribution >= 0.6 is 7.26 Å². The minimum Gasteiger partial charge on any atom is -1.00 e. The summed E-state index contributed by atoms with van der Waals surface area (Å²) in [4.78, 5) is 11.7. The molecule has 33 heavy (non-hydrogen) atoms. The monoisotopic (exact) mass is 566 g/mol. The maximum absolute atomic E-state index is 11.7. The zero-order chi connectivity index (χ0) is 22.2. The normalized spacial score (nSPS) is 10.8. The molecule has 0 aliphatic heterocycles. The van der Waals surface area contributed by atoms with E-state index in [1.807, 2.05) is 24.3 Å². The minimum atomic E-state index is -1.79. The second kappa shape index (κ2) is 12.1. The van der Waals surface area contributed by atoms with Crippen molar-refractivity contribution in [2.45, 2.75) is 12.8 Å². The van der Waals surface area contributed by atoms with E-state index in [2.05, 4.69) is 91.0 Å². The first-order valence-electron chi connectivity index (χ1n) is 11.0. The Balaban J connectivity index is 0.00000306. The quantitative estimate of drug-likeness (QED) is 0.186. The third-order valence-electron chi connectivity index (χ3n) is 5.92. The highest BCUT2D eigenvalue weighted by atomic mass is 127. The fourth-order valence-electron chi connectivity index (χ4n) is 4.33. The predicted molar refractivity (Wildman–Crippen MR) is 136 cm³/mol. The van der Waals surface area contributed by atoms with Crippen LogP contribution in [-0.2, 0) is 11.2 Å². The molecule has 0 saturated heterocycles. The number of rotatable bonds is 8. The van der Waals surface area contributed by atoms with Crippen LogP contribution in [0.4, 0.5) is 0 Å². The number of methoxy groups -OCH3 is 1. The molecule has 0 heterocycles. The summed E-state index contributed by atoms with van der Waals surface area (Å²) in [6.07, 6.45) is 3.11. The van der Waals surface area contributed by atoms with E-state index in [0.29, 0.717) is 5.56 Å². The zero-order valence-corrected chi connectivity index (χ0v) is 21.8. The van der Waals surface area contributed by atoms with E-state index in [4.69, 9.17) is 4.74 Å². The third-order valence-corrected chi connectivity index (χ3v) is 10.5. The van der Waals surface area contributed by atoms with Gasteiger partial charge in [0.05, 0.1) is 18.8 Å². The molecular formula is C29H28IO2P. The van der Waals surface area contributed by atoms with Gasteiger partial charge >= 0.3 is 5.97 Å². The van der Waals surface area contributed by atoms with Crippen LogP contribution in [0.5, 0.6) is 0 Å². The Morgan fingerprint density at radius 1 is 0.667 bits per heavy atom. The lowest BCUT2D eigenvalue weighted by Gasteiger charge is -2.27. The second-order valence-corrected chi connectivity index (χ2v) is 11.4. The van der Waals surface area contributed by atoms with Gasteiger partial charge in [0.15, 0.2) is 0 Å². The molecule has 2 nitrogen and oxygen atoms in total. The summed E-state index contributed by atoms with van der Waals surface area (Å²) in [5, 5.41) is 4.25. The molecule has 0 amide bonds. The first-order chi connectivity index (χ1) is 15.7. The van der Waals surface area contributed by atoms with Gasteiger partial charge in [0.2, 0.25) is 0 Å². The molecule has 0 aromatic heterocycles. The molecule has 0 unspecified atom stereocenters. The van der Waals surface area contributed by atoms with Crippen LogP contribution in [0.3, 0.4) is 0 Å². The largest absolute Gasteiger partial charge is 1.00 e. The fraction of sp³-hybridized carbons (Fsp3) is 0.138. The standard InChI is InChI=1S/C29H28O2P.HI/c1-31-29(30)25-21-19-24(20-22-25)12-11-23-32(26-13-5-2-6-14-26,27-15-7-3-8-16-27)28-17-9-4-10-18-28;/h2-10,13-22H,11-12,23H2,1H3;1H/q+1;/p-1. The molecule has 168 valence electrons. The summed E-state index contributed by atoms with van der Waals surface area (Å²) >= 11 is 0. The smallest absolute Gasteiger partial charge is 0.337 e. The summed E-state index contributed by atoms with van der Waals surface area (Å²) in [7, 11) is -0.381. The molecule has 4 rings (SSSR count). The van der Waals surface area contributed by atoms with Crippen molar-refractivity contribution >= 4 is 29.1 Å². The summed E-state index contributed by atoms with van der Waals surface area (Å²) in [6.45, 7) is 0. The van der Waals surface area contributed by atoms with Crippen LogP contribution in [0.2, 0.25) is 0 Å². The number of benzene rings is 4.